The van der Waals surface area contributed by atoms with Crippen molar-refractivity contribution in [1.29, 1.82) is 0 Å². The number of rotatable bonds is 4. The standard InChI is InChI=1S/C15H14N2O3S2/c18-13(17-22(19,20)14-5-2-10-21-14)7-6-11-3-1-4-12-8-9-16-15(11)12/h1-7,10,16H,8-9H2,(H,17,18)/b7-6+. The summed E-state index contributed by atoms with van der Waals surface area (Å²) in [6.45, 7) is 0.874. The van der Waals surface area contributed by atoms with E-state index in [4.69, 9.17) is 0 Å². The van der Waals surface area contributed by atoms with Gasteiger partial charge in [-0.25, -0.2) is 13.1 Å². The minimum Gasteiger partial charge on any atom is -0.384 e. The van der Waals surface area contributed by atoms with E-state index < -0.39 is 15.9 Å². The van der Waals surface area contributed by atoms with Crippen LogP contribution in [0.4, 0.5) is 5.69 Å². The van der Waals surface area contributed by atoms with Gasteiger partial charge in [-0.15, -0.1) is 11.3 Å². The fourth-order valence-electron chi connectivity index (χ4n) is 2.30. The predicted octanol–water partition coefficient (Wildman–Crippen LogP) is 2.23. The highest BCUT2D eigenvalue weighted by Crippen LogP contribution is 2.27. The van der Waals surface area contributed by atoms with Gasteiger partial charge in [-0.05, 0) is 35.1 Å². The summed E-state index contributed by atoms with van der Waals surface area (Å²) in [6, 6.07) is 8.92. The summed E-state index contributed by atoms with van der Waals surface area (Å²) in [4.78, 5) is 11.8. The summed E-state index contributed by atoms with van der Waals surface area (Å²) in [5.74, 6) is -0.663. The fourth-order valence-corrected chi connectivity index (χ4v) is 4.24. The third-order valence-electron chi connectivity index (χ3n) is 3.29. The number of carbonyl (C=O) groups excluding carboxylic acids is 1. The molecule has 3 rings (SSSR count). The molecular formula is C15H14N2O3S2. The molecule has 2 heterocycles. The number of amides is 1. The van der Waals surface area contributed by atoms with Crippen molar-refractivity contribution in [1.82, 2.24) is 4.72 Å². The third kappa shape index (κ3) is 3.05. The van der Waals surface area contributed by atoms with Crippen LogP contribution < -0.4 is 10.0 Å². The molecule has 5 nitrogen and oxygen atoms in total. The first kappa shape index (κ1) is 14.8. The second-order valence-electron chi connectivity index (χ2n) is 4.79. The zero-order valence-corrected chi connectivity index (χ0v) is 13.2. The molecular weight excluding hydrogens is 320 g/mol. The van der Waals surface area contributed by atoms with Crippen molar-refractivity contribution in [3.05, 3.63) is 52.9 Å². The number of fused-ring (bicyclic) bond motifs is 1. The van der Waals surface area contributed by atoms with Gasteiger partial charge in [-0.2, -0.15) is 0 Å². The van der Waals surface area contributed by atoms with E-state index in [1.807, 2.05) is 22.9 Å². The molecule has 2 N–H and O–H groups in total. The fraction of sp³-hybridized carbons (Fsp3) is 0.133. The number of thiophene rings is 1. The van der Waals surface area contributed by atoms with Crippen molar-refractivity contribution in [2.75, 3.05) is 11.9 Å². The normalized spacial score (nSPS) is 13.8. The van der Waals surface area contributed by atoms with Crippen LogP contribution in [-0.4, -0.2) is 20.9 Å². The largest absolute Gasteiger partial charge is 0.384 e. The SMILES string of the molecule is O=C(/C=C/c1cccc2c1NCC2)NS(=O)(=O)c1cccs1. The van der Waals surface area contributed by atoms with Crippen LogP contribution in [0, 0.1) is 0 Å². The van der Waals surface area contributed by atoms with E-state index in [9.17, 15) is 13.2 Å². The molecule has 0 atom stereocenters. The van der Waals surface area contributed by atoms with Gasteiger partial charge >= 0.3 is 0 Å². The summed E-state index contributed by atoms with van der Waals surface area (Å²) < 4.78 is 26.0. The van der Waals surface area contributed by atoms with Gasteiger partial charge in [0.1, 0.15) is 4.21 Å². The summed E-state index contributed by atoms with van der Waals surface area (Å²) in [5.41, 5.74) is 3.08. The van der Waals surface area contributed by atoms with Gasteiger partial charge in [0.25, 0.3) is 15.9 Å². The zero-order valence-electron chi connectivity index (χ0n) is 11.6. The van der Waals surface area contributed by atoms with Gasteiger partial charge in [0.15, 0.2) is 0 Å². The Morgan fingerprint density at radius 2 is 2.14 bits per heavy atom. The second-order valence-corrected chi connectivity index (χ2v) is 7.65. The molecule has 1 aliphatic heterocycles. The monoisotopic (exact) mass is 334 g/mol. The molecule has 0 aliphatic carbocycles. The summed E-state index contributed by atoms with van der Waals surface area (Å²) in [7, 11) is -3.78. The number of hydrogen-bond donors (Lipinski definition) is 2. The number of nitrogens with one attached hydrogen (secondary N) is 2. The Balaban J connectivity index is 1.74. The van der Waals surface area contributed by atoms with Crippen molar-refractivity contribution in [3.8, 4) is 0 Å². The van der Waals surface area contributed by atoms with E-state index in [1.165, 1.54) is 17.7 Å². The molecule has 1 aromatic heterocycles. The number of hydrogen-bond acceptors (Lipinski definition) is 5. The third-order valence-corrected chi connectivity index (χ3v) is 6.03. The van der Waals surface area contributed by atoms with Crippen molar-refractivity contribution in [3.63, 3.8) is 0 Å². The Labute approximate surface area is 132 Å². The summed E-state index contributed by atoms with van der Waals surface area (Å²) in [5, 5.41) is 4.91. The number of benzene rings is 1. The summed E-state index contributed by atoms with van der Waals surface area (Å²) >= 11 is 1.07. The Kier molecular flexibility index (Phi) is 4.00. The van der Waals surface area contributed by atoms with Gasteiger partial charge < -0.3 is 5.32 Å². The maximum Gasteiger partial charge on any atom is 0.273 e. The van der Waals surface area contributed by atoms with E-state index in [0.717, 1.165) is 35.6 Å². The van der Waals surface area contributed by atoms with Crippen molar-refractivity contribution < 1.29 is 13.2 Å². The number of anilines is 1. The van der Waals surface area contributed by atoms with Crippen molar-refractivity contribution >= 4 is 39.0 Å². The minimum absolute atomic E-state index is 0.122. The number of carbonyl (C=O) groups is 1. The quantitative estimate of drug-likeness (QED) is 0.841. The Bertz CT molecular complexity index is 824. The maximum absolute atomic E-state index is 11.9. The predicted molar refractivity (Wildman–Crippen MR) is 87.3 cm³/mol. The van der Waals surface area contributed by atoms with E-state index in [1.54, 1.807) is 17.5 Å². The molecule has 2 aromatic rings. The lowest BCUT2D eigenvalue weighted by atomic mass is 10.1. The molecule has 0 saturated carbocycles. The first-order valence-corrected chi connectivity index (χ1v) is 9.07. The maximum atomic E-state index is 11.9. The molecule has 0 spiro atoms. The van der Waals surface area contributed by atoms with Crippen LogP contribution in [0.2, 0.25) is 0 Å². The van der Waals surface area contributed by atoms with Crippen LogP contribution in [0.5, 0.6) is 0 Å². The molecule has 0 radical (unpaired) electrons. The topological polar surface area (TPSA) is 75.3 Å². The first-order valence-electron chi connectivity index (χ1n) is 6.70. The Hall–Kier alpha value is -2.12. The highest BCUT2D eigenvalue weighted by atomic mass is 32.2. The lowest BCUT2D eigenvalue weighted by molar-refractivity contribution is -0.114. The highest BCUT2D eigenvalue weighted by Gasteiger charge is 2.17. The lowest BCUT2D eigenvalue weighted by Crippen LogP contribution is -2.28. The van der Waals surface area contributed by atoms with Crippen molar-refractivity contribution in [2.24, 2.45) is 0 Å². The van der Waals surface area contributed by atoms with Crippen LogP contribution in [0.25, 0.3) is 6.08 Å². The van der Waals surface area contributed by atoms with Gasteiger partial charge in [-0.3, -0.25) is 4.79 Å². The van der Waals surface area contributed by atoms with E-state index in [2.05, 4.69) is 5.32 Å². The molecule has 0 unspecified atom stereocenters. The molecule has 7 heteroatoms. The van der Waals surface area contributed by atoms with Crippen molar-refractivity contribution in [2.45, 2.75) is 10.6 Å². The van der Waals surface area contributed by atoms with Gasteiger partial charge in [0, 0.05) is 18.3 Å². The van der Waals surface area contributed by atoms with Gasteiger partial charge in [0.05, 0.1) is 0 Å². The molecule has 1 amide bonds. The lowest BCUT2D eigenvalue weighted by Gasteiger charge is -2.05. The summed E-state index contributed by atoms with van der Waals surface area (Å²) in [6.07, 6.45) is 3.81. The first-order chi connectivity index (χ1) is 10.6. The molecule has 1 aliphatic rings. The molecule has 0 fully saturated rings. The molecule has 1 aromatic carbocycles. The van der Waals surface area contributed by atoms with Crippen LogP contribution in [0.15, 0.2) is 46.0 Å². The van der Waals surface area contributed by atoms with Gasteiger partial charge in [-0.1, -0.05) is 24.3 Å². The van der Waals surface area contributed by atoms with E-state index in [-0.39, 0.29) is 4.21 Å². The van der Waals surface area contributed by atoms with Crippen LogP contribution in [-0.2, 0) is 21.2 Å². The highest BCUT2D eigenvalue weighted by molar-refractivity contribution is 7.92. The molecule has 114 valence electrons. The van der Waals surface area contributed by atoms with Crippen LogP contribution >= 0.6 is 11.3 Å². The molecule has 0 saturated heterocycles. The van der Waals surface area contributed by atoms with E-state index in [0.29, 0.717) is 0 Å². The van der Waals surface area contributed by atoms with Crippen LogP contribution in [0.3, 0.4) is 0 Å². The number of sulfonamides is 1. The molecule has 22 heavy (non-hydrogen) atoms. The number of para-hydroxylation sites is 1. The average molecular weight is 334 g/mol. The minimum atomic E-state index is -3.78. The smallest absolute Gasteiger partial charge is 0.273 e. The average Bonchev–Trinajstić information content (AvgIpc) is 3.15. The Morgan fingerprint density at radius 3 is 2.91 bits per heavy atom. The van der Waals surface area contributed by atoms with Gasteiger partial charge in [0.2, 0.25) is 0 Å². The Morgan fingerprint density at radius 1 is 1.27 bits per heavy atom. The zero-order chi connectivity index (χ0) is 15.6. The second kappa shape index (κ2) is 5.94. The van der Waals surface area contributed by atoms with E-state index >= 15 is 0 Å². The molecule has 0 bridgehead atoms. The van der Waals surface area contributed by atoms with Crippen LogP contribution in [0.1, 0.15) is 11.1 Å².